The molecule has 1 aromatic heterocycles. The van der Waals surface area contributed by atoms with Crippen LogP contribution in [0.4, 0.5) is 0 Å². The Balaban J connectivity index is 1.63. The van der Waals surface area contributed by atoms with Crippen molar-refractivity contribution < 1.29 is 9.53 Å². The minimum absolute atomic E-state index is 0.0331. The standard InChI is InChI=1S/C25H30N4O3/c1-17(2)29-25(31)21-7-5-4-6-20(21)23(27-29)24(30)26-16-22(28-12-14-32-15-13-28)19-10-8-18(3)9-11-19/h4-11,17,22H,12-16H2,1-3H3,(H,26,30). The summed E-state index contributed by atoms with van der Waals surface area (Å²) in [4.78, 5) is 28.4. The summed E-state index contributed by atoms with van der Waals surface area (Å²) in [6.07, 6.45) is 0. The number of aryl methyl sites for hydroxylation is 1. The van der Waals surface area contributed by atoms with Crippen molar-refractivity contribution >= 4 is 16.7 Å². The molecule has 1 atom stereocenters. The number of amides is 1. The summed E-state index contributed by atoms with van der Waals surface area (Å²) in [5.74, 6) is -0.277. The van der Waals surface area contributed by atoms with Gasteiger partial charge in [-0.15, -0.1) is 0 Å². The predicted molar refractivity (Wildman–Crippen MR) is 125 cm³/mol. The van der Waals surface area contributed by atoms with Crippen LogP contribution in [-0.4, -0.2) is 53.4 Å². The van der Waals surface area contributed by atoms with Gasteiger partial charge in [0.15, 0.2) is 5.69 Å². The summed E-state index contributed by atoms with van der Waals surface area (Å²) in [6.45, 7) is 9.27. The molecule has 3 aromatic rings. The maximum Gasteiger partial charge on any atom is 0.274 e. The van der Waals surface area contributed by atoms with Crippen LogP contribution in [0.15, 0.2) is 53.3 Å². The van der Waals surface area contributed by atoms with Gasteiger partial charge in [0.25, 0.3) is 11.5 Å². The van der Waals surface area contributed by atoms with Crippen LogP contribution < -0.4 is 10.9 Å². The second-order valence-electron chi connectivity index (χ2n) is 8.52. The van der Waals surface area contributed by atoms with Crippen molar-refractivity contribution in [2.75, 3.05) is 32.8 Å². The largest absolute Gasteiger partial charge is 0.379 e. The zero-order chi connectivity index (χ0) is 22.7. The van der Waals surface area contributed by atoms with Gasteiger partial charge >= 0.3 is 0 Å². The summed E-state index contributed by atoms with van der Waals surface area (Å²) in [5, 5.41) is 8.60. The number of rotatable bonds is 6. The molecule has 1 aliphatic rings. The molecule has 168 valence electrons. The lowest BCUT2D eigenvalue weighted by molar-refractivity contribution is 0.0162. The van der Waals surface area contributed by atoms with Crippen LogP contribution in [0.2, 0.25) is 0 Å². The van der Waals surface area contributed by atoms with E-state index < -0.39 is 0 Å². The van der Waals surface area contributed by atoms with Crippen molar-refractivity contribution in [3.8, 4) is 0 Å². The number of hydrogen-bond donors (Lipinski definition) is 1. The number of carbonyl (C=O) groups is 1. The molecular formula is C25H30N4O3. The number of nitrogens with zero attached hydrogens (tertiary/aromatic N) is 3. The molecule has 7 heteroatoms. The number of hydrogen-bond acceptors (Lipinski definition) is 5. The summed E-state index contributed by atoms with van der Waals surface area (Å²) < 4.78 is 6.91. The van der Waals surface area contributed by atoms with Crippen LogP contribution in [-0.2, 0) is 4.74 Å². The van der Waals surface area contributed by atoms with E-state index in [0.717, 1.165) is 18.7 Å². The van der Waals surface area contributed by atoms with E-state index in [2.05, 4.69) is 46.5 Å². The second-order valence-corrected chi connectivity index (χ2v) is 8.52. The third kappa shape index (κ3) is 4.59. The maximum atomic E-state index is 13.3. The van der Waals surface area contributed by atoms with Gasteiger partial charge in [-0.1, -0.05) is 48.0 Å². The number of benzene rings is 2. The first-order chi connectivity index (χ1) is 15.5. The van der Waals surface area contributed by atoms with Gasteiger partial charge in [0, 0.05) is 25.0 Å². The fraction of sp³-hybridized carbons (Fsp3) is 0.400. The van der Waals surface area contributed by atoms with Crippen LogP contribution in [0, 0.1) is 6.92 Å². The number of ether oxygens (including phenoxy) is 1. The lowest BCUT2D eigenvalue weighted by Gasteiger charge is -2.35. The lowest BCUT2D eigenvalue weighted by atomic mass is 10.0. The van der Waals surface area contributed by atoms with Crippen LogP contribution in [0.5, 0.6) is 0 Å². The number of nitrogens with one attached hydrogen (secondary N) is 1. The third-order valence-corrected chi connectivity index (χ3v) is 5.94. The smallest absolute Gasteiger partial charge is 0.274 e. The van der Waals surface area contributed by atoms with Crippen LogP contribution in [0.3, 0.4) is 0 Å². The van der Waals surface area contributed by atoms with E-state index in [1.807, 2.05) is 26.0 Å². The number of aromatic nitrogens is 2. The fourth-order valence-corrected chi connectivity index (χ4v) is 4.13. The summed E-state index contributed by atoms with van der Waals surface area (Å²) in [7, 11) is 0. The zero-order valence-corrected chi connectivity index (χ0v) is 18.9. The third-order valence-electron chi connectivity index (χ3n) is 5.94. The molecule has 0 spiro atoms. The molecule has 7 nitrogen and oxygen atoms in total. The maximum absolute atomic E-state index is 13.3. The number of morpholine rings is 1. The highest BCUT2D eigenvalue weighted by atomic mass is 16.5. The van der Waals surface area contributed by atoms with E-state index in [0.29, 0.717) is 30.5 Å². The van der Waals surface area contributed by atoms with E-state index in [1.165, 1.54) is 10.2 Å². The van der Waals surface area contributed by atoms with Gasteiger partial charge in [-0.25, -0.2) is 4.68 Å². The molecule has 0 radical (unpaired) electrons. The summed E-state index contributed by atoms with van der Waals surface area (Å²) >= 11 is 0. The van der Waals surface area contributed by atoms with E-state index in [9.17, 15) is 9.59 Å². The summed E-state index contributed by atoms with van der Waals surface area (Å²) in [6, 6.07) is 15.5. The Kier molecular flexibility index (Phi) is 6.67. The van der Waals surface area contributed by atoms with Crippen molar-refractivity contribution in [2.45, 2.75) is 32.9 Å². The fourth-order valence-electron chi connectivity index (χ4n) is 4.13. The number of carbonyl (C=O) groups excluding carboxylic acids is 1. The highest BCUT2D eigenvalue weighted by molar-refractivity contribution is 6.04. The molecule has 1 saturated heterocycles. The molecule has 32 heavy (non-hydrogen) atoms. The van der Waals surface area contributed by atoms with Crippen LogP contribution >= 0.6 is 0 Å². The highest BCUT2D eigenvalue weighted by Crippen LogP contribution is 2.22. The van der Waals surface area contributed by atoms with E-state index in [4.69, 9.17) is 4.74 Å². The van der Waals surface area contributed by atoms with Gasteiger partial charge in [-0.3, -0.25) is 14.5 Å². The molecule has 1 aliphatic heterocycles. The van der Waals surface area contributed by atoms with E-state index >= 15 is 0 Å². The molecule has 2 aromatic carbocycles. The van der Waals surface area contributed by atoms with Crippen molar-refractivity contribution in [1.29, 1.82) is 0 Å². The molecule has 0 bridgehead atoms. The molecule has 4 rings (SSSR count). The zero-order valence-electron chi connectivity index (χ0n) is 18.9. The average Bonchev–Trinajstić information content (AvgIpc) is 2.81. The molecule has 0 aliphatic carbocycles. The first-order valence-corrected chi connectivity index (χ1v) is 11.1. The van der Waals surface area contributed by atoms with Gasteiger partial charge < -0.3 is 10.1 Å². The molecule has 1 N–H and O–H groups in total. The number of fused-ring (bicyclic) bond motifs is 1. The monoisotopic (exact) mass is 434 g/mol. The second kappa shape index (κ2) is 9.63. The molecule has 1 fully saturated rings. The first-order valence-electron chi connectivity index (χ1n) is 11.1. The quantitative estimate of drug-likeness (QED) is 0.645. The Labute approximate surface area is 188 Å². The molecule has 1 amide bonds. The van der Waals surface area contributed by atoms with Crippen molar-refractivity contribution in [1.82, 2.24) is 20.0 Å². The Morgan fingerprint density at radius 1 is 1.06 bits per heavy atom. The van der Waals surface area contributed by atoms with Crippen LogP contribution in [0.25, 0.3) is 10.8 Å². The van der Waals surface area contributed by atoms with E-state index in [-0.39, 0.29) is 29.2 Å². The van der Waals surface area contributed by atoms with Crippen molar-refractivity contribution in [2.24, 2.45) is 0 Å². The molecular weight excluding hydrogens is 404 g/mol. The molecule has 0 saturated carbocycles. The molecule has 2 heterocycles. The highest BCUT2D eigenvalue weighted by Gasteiger charge is 2.25. The minimum atomic E-state index is -0.277. The van der Waals surface area contributed by atoms with Crippen LogP contribution in [0.1, 0.15) is 47.5 Å². The Bertz CT molecular complexity index is 1150. The SMILES string of the molecule is Cc1ccc(C(CNC(=O)c2nn(C(C)C)c(=O)c3ccccc23)N2CCOCC2)cc1. The summed E-state index contributed by atoms with van der Waals surface area (Å²) in [5.41, 5.74) is 2.45. The van der Waals surface area contributed by atoms with Gasteiger partial charge in [-0.2, -0.15) is 5.10 Å². The van der Waals surface area contributed by atoms with Gasteiger partial charge in [-0.05, 0) is 32.4 Å². The topological polar surface area (TPSA) is 76.5 Å². The Morgan fingerprint density at radius 3 is 2.38 bits per heavy atom. The van der Waals surface area contributed by atoms with Crippen molar-refractivity contribution in [3.05, 3.63) is 75.7 Å². The lowest BCUT2D eigenvalue weighted by Crippen LogP contribution is -2.44. The van der Waals surface area contributed by atoms with Gasteiger partial charge in [0.1, 0.15) is 0 Å². The first kappa shape index (κ1) is 22.2. The van der Waals surface area contributed by atoms with Crippen molar-refractivity contribution in [3.63, 3.8) is 0 Å². The van der Waals surface area contributed by atoms with Gasteiger partial charge in [0.2, 0.25) is 0 Å². The normalized spacial score (nSPS) is 15.8. The Hall–Kier alpha value is -3.03. The van der Waals surface area contributed by atoms with Gasteiger partial charge in [0.05, 0.1) is 30.7 Å². The average molecular weight is 435 g/mol. The molecule has 1 unspecified atom stereocenters. The predicted octanol–water partition coefficient (Wildman–Crippen LogP) is 3.09. The Morgan fingerprint density at radius 2 is 1.72 bits per heavy atom. The van der Waals surface area contributed by atoms with E-state index in [1.54, 1.807) is 12.1 Å². The minimum Gasteiger partial charge on any atom is -0.379 e.